The minimum atomic E-state index is -3.36. The topological polar surface area (TPSA) is 90.2 Å². The van der Waals surface area contributed by atoms with Crippen LogP contribution in [0.15, 0.2) is 65.6 Å². The van der Waals surface area contributed by atoms with Crippen LogP contribution in [0.1, 0.15) is 41.5 Å². The van der Waals surface area contributed by atoms with Crippen molar-refractivity contribution >= 4 is 16.7 Å². The first kappa shape index (κ1) is 25.1. The summed E-state index contributed by atoms with van der Waals surface area (Å²) in [7, 11) is -3.36. The Morgan fingerprint density at radius 1 is 1.09 bits per heavy atom. The average molecular weight is 504 g/mol. The molecule has 1 aliphatic rings. The molecule has 0 amide bonds. The number of carboxylic acid groups (broad SMARTS) is 1. The number of benzene rings is 3. The van der Waals surface area contributed by atoms with Gasteiger partial charge in [0.15, 0.2) is 11.6 Å². The Labute approximate surface area is 204 Å². The molecule has 2 unspecified atom stereocenters. The number of ether oxygens (including phenoxy) is 1. The van der Waals surface area contributed by atoms with Crippen molar-refractivity contribution in [1.82, 2.24) is 4.31 Å². The molecule has 0 aromatic heterocycles. The molecule has 2 atom stereocenters. The minimum Gasteiger partial charge on any atom is -0.487 e. The molecule has 0 aliphatic carbocycles. The van der Waals surface area contributed by atoms with Crippen LogP contribution in [-0.2, 0) is 11.3 Å². The number of fused-ring (bicyclic) bond motifs is 1. The van der Waals surface area contributed by atoms with Gasteiger partial charge in [-0.2, -0.15) is 4.31 Å². The molecule has 9 heteroatoms. The Hall–Kier alpha value is -2.98. The fourth-order valence-electron chi connectivity index (χ4n) is 4.31. The van der Waals surface area contributed by atoms with Gasteiger partial charge in [0.25, 0.3) is 0 Å². The van der Waals surface area contributed by atoms with E-state index >= 15 is 0 Å². The van der Waals surface area contributed by atoms with Gasteiger partial charge in [0, 0.05) is 12.5 Å². The maximum Gasteiger partial charge on any atom is 0.304 e. The maximum absolute atomic E-state index is 13.9. The highest BCUT2D eigenvalue weighted by atomic mass is 32.3. The van der Waals surface area contributed by atoms with Gasteiger partial charge in [-0.05, 0) is 60.4 Å². The molecule has 35 heavy (non-hydrogen) atoms. The number of rotatable bonds is 6. The number of aliphatic carboxylic acids is 1. The van der Waals surface area contributed by atoms with Gasteiger partial charge in [0.1, 0.15) is 16.7 Å². The number of aryl methyl sites for hydroxylation is 1. The Bertz CT molecular complexity index is 1250. The van der Waals surface area contributed by atoms with E-state index in [1.807, 2.05) is 19.9 Å². The lowest BCUT2D eigenvalue weighted by Crippen LogP contribution is -2.33. The monoisotopic (exact) mass is 503 g/mol. The normalized spacial score (nSPS) is 19.2. The number of carboxylic acids is 1. The second-order valence-corrected chi connectivity index (χ2v) is 10.7. The van der Waals surface area contributed by atoms with E-state index in [0.717, 1.165) is 23.3 Å². The van der Waals surface area contributed by atoms with Gasteiger partial charge in [-0.1, -0.05) is 36.4 Å². The third-order valence-electron chi connectivity index (χ3n) is 6.14. The summed E-state index contributed by atoms with van der Waals surface area (Å²) in [5.41, 5.74) is 2.58. The molecule has 3 aromatic rings. The summed E-state index contributed by atoms with van der Waals surface area (Å²) >= 11 is 0. The zero-order chi connectivity index (χ0) is 25.3. The summed E-state index contributed by atoms with van der Waals surface area (Å²) in [4.78, 5) is 11.9. The molecule has 0 radical (unpaired) electrons. The molecule has 3 aromatic carbocycles. The lowest BCUT2D eigenvalue weighted by atomic mass is 9.87. The largest absolute Gasteiger partial charge is 0.487 e. The van der Waals surface area contributed by atoms with Crippen molar-refractivity contribution in [2.45, 2.75) is 43.7 Å². The number of halogens is 2. The van der Waals surface area contributed by atoms with Crippen LogP contribution in [0.25, 0.3) is 0 Å². The van der Waals surface area contributed by atoms with Crippen molar-refractivity contribution < 1.29 is 32.5 Å². The van der Waals surface area contributed by atoms with Gasteiger partial charge in [-0.15, -0.1) is 10.8 Å². The number of nitrogens with zero attached hydrogens (tertiary/aromatic N) is 1. The predicted octanol–water partition coefficient (Wildman–Crippen LogP) is 6.19. The standard InChI is InChI=1S/C26H27F2NO5S/c1-16-7-8-18(21(13-26(30)31)19-9-10-22(27)23(28)12-19)11-20(16)15-29-14-17(2)34-24-5-3-4-6-25(24)35(29,32)33/h3-12,17,21,32-33H,13-15H2,1-2H3,(H,30,31). The highest BCUT2D eigenvalue weighted by molar-refractivity contribution is 8.22. The maximum atomic E-state index is 13.9. The van der Waals surface area contributed by atoms with Gasteiger partial charge in [0.05, 0.1) is 13.0 Å². The summed E-state index contributed by atoms with van der Waals surface area (Å²) in [6.07, 6.45) is -0.625. The van der Waals surface area contributed by atoms with Crippen molar-refractivity contribution in [3.63, 3.8) is 0 Å². The van der Waals surface area contributed by atoms with Gasteiger partial charge >= 0.3 is 5.97 Å². The van der Waals surface area contributed by atoms with Gasteiger partial charge in [0.2, 0.25) is 0 Å². The zero-order valence-electron chi connectivity index (χ0n) is 19.3. The second kappa shape index (κ2) is 9.94. The number of para-hydroxylation sites is 1. The quantitative estimate of drug-likeness (QED) is 0.372. The zero-order valence-corrected chi connectivity index (χ0v) is 20.1. The van der Waals surface area contributed by atoms with Crippen LogP contribution in [-0.4, -0.2) is 37.1 Å². The second-order valence-electron chi connectivity index (χ2n) is 8.73. The van der Waals surface area contributed by atoms with Crippen LogP contribution in [0.5, 0.6) is 5.75 Å². The van der Waals surface area contributed by atoms with E-state index in [1.54, 1.807) is 40.7 Å². The van der Waals surface area contributed by atoms with Gasteiger partial charge in [-0.3, -0.25) is 13.9 Å². The SMILES string of the molecule is Cc1ccc(C(CC(=O)O)c2ccc(F)c(F)c2)cc1CN1CC(C)Oc2ccccc2S1(O)O. The van der Waals surface area contributed by atoms with Crippen LogP contribution < -0.4 is 4.74 Å². The molecular formula is C26H27F2NO5S. The van der Waals surface area contributed by atoms with Crippen molar-refractivity contribution in [3.05, 3.63) is 94.6 Å². The van der Waals surface area contributed by atoms with Crippen molar-refractivity contribution in [1.29, 1.82) is 0 Å². The molecule has 4 rings (SSSR count). The molecule has 1 heterocycles. The molecule has 186 valence electrons. The van der Waals surface area contributed by atoms with E-state index in [0.29, 0.717) is 21.8 Å². The summed E-state index contributed by atoms with van der Waals surface area (Å²) in [5, 5.41) is 9.48. The first-order chi connectivity index (χ1) is 16.6. The molecule has 0 saturated carbocycles. The van der Waals surface area contributed by atoms with Crippen LogP contribution in [0, 0.1) is 18.6 Å². The Balaban J connectivity index is 1.71. The van der Waals surface area contributed by atoms with E-state index in [4.69, 9.17) is 4.74 Å². The van der Waals surface area contributed by atoms with Crippen molar-refractivity contribution in [2.24, 2.45) is 0 Å². The Morgan fingerprint density at radius 3 is 2.49 bits per heavy atom. The fourth-order valence-corrected chi connectivity index (χ4v) is 5.97. The number of hydrogen-bond donors (Lipinski definition) is 3. The smallest absolute Gasteiger partial charge is 0.304 e. The lowest BCUT2D eigenvalue weighted by molar-refractivity contribution is -0.137. The van der Waals surface area contributed by atoms with Crippen LogP contribution >= 0.6 is 10.8 Å². The first-order valence-electron chi connectivity index (χ1n) is 11.1. The molecule has 0 fully saturated rings. The van der Waals surface area contributed by atoms with E-state index in [1.165, 1.54) is 6.07 Å². The van der Waals surface area contributed by atoms with Gasteiger partial charge < -0.3 is 9.84 Å². The number of hydrogen-bond acceptors (Lipinski definition) is 5. The first-order valence-corrected chi connectivity index (χ1v) is 12.6. The molecular weight excluding hydrogens is 476 g/mol. The molecule has 6 nitrogen and oxygen atoms in total. The summed E-state index contributed by atoms with van der Waals surface area (Å²) in [5.74, 6) is -3.42. The molecule has 3 N–H and O–H groups in total. The van der Waals surface area contributed by atoms with Crippen molar-refractivity contribution in [2.75, 3.05) is 6.54 Å². The molecule has 0 spiro atoms. The lowest BCUT2D eigenvalue weighted by Gasteiger charge is -2.42. The van der Waals surface area contributed by atoms with Crippen LogP contribution in [0.2, 0.25) is 0 Å². The highest BCUT2D eigenvalue weighted by Crippen LogP contribution is 2.57. The average Bonchev–Trinajstić information content (AvgIpc) is 2.89. The predicted molar refractivity (Wildman–Crippen MR) is 130 cm³/mol. The fraction of sp³-hybridized carbons (Fsp3) is 0.269. The minimum absolute atomic E-state index is 0.168. The third kappa shape index (κ3) is 5.33. The Morgan fingerprint density at radius 2 is 1.77 bits per heavy atom. The summed E-state index contributed by atoms with van der Waals surface area (Å²) in [6, 6.07) is 15.6. The third-order valence-corrected chi connectivity index (χ3v) is 8.07. The highest BCUT2D eigenvalue weighted by Gasteiger charge is 2.34. The molecule has 0 bridgehead atoms. The van der Waals surface area contributed by atoms with Gasteiger partial charge in [-0.25, -0.2) is 8.78 Å². The van der Waals surface area contributed by atoms with Crippen molar-refractivity contribution in [3.8, 4) is 5.75 Å². The summed E-state index contributed by atoms with van der Waals surface area (Å²) < 4.78 is 57.3. The van der Waals surface area contributed by atoms with E-state index in [2.05, 4.69) is 0 Å². The van der Waals surface area contributed by atoms with Crippen LogP contribution in [0.4, 0.5) is 8.78 Å². The molecule has 1 aliphatic heterocycles. The Kier molecular flexibility index (Phi) is 7.14. The van der Waals surface area contributed by atoms with Crippen LogP contribution in [0.3, 0.4) is 0 Å². The molecule has 0 saturated heterocycles. The van der Waals surface area contributed by atoms with E-state index in [-0.39, 0.29) is 25.6 Å². The number of carbonyl (C=O) groups is 1. The summed E-state index contributed by atoms with van der Waals surface area (Å²) in [6.45, 7) is 4.14. The van der Waals surface area contributed by atoms with E-state index < -0.39 is 34.3 Å². The van der Waals surface area contributed by atoms with E-state index in [9.17, 15) is 27.8 Å².